The molecule has 0 rings (SSSR count). The predicted molar refractivity (Wildman–Crippen MR) is 103 cm³/mol. The highest BCUT2D eigenvalue weighted by atomic mass is 16.4. The Kier molecular flexibility index (Phi) is 9.68. The minimum Gasteiger partial charge on any atom is -0.386 e. The van der Waals surface area contributed by atoms with Crippen LogP contribution >= 0.6 is 0 Å². The topological polar surface area (TPSA) is 252 Å². The predicted octanol–water partition coefficient (Wildman–Crippen LogP) is -2.51. The van der Waals surface area contributed by atoms with Crippen LogP contribution < -0.4 is 0 Å². The molecule has 0 bridgehead atoms. The van der Waals surface area contributed by atoms with Gasteiger partial charge in [0.15, 0.2) is 34.5 Å². The van der Waals surface area contributed by atoms with E-state index in [4.69, 9.17) is 5.53 Å². The van der Waals surface area contributed by atoms with Gasteiger partial charge in [-0.2, -0.15) is 0 Å². The third kappa shape index (κ3) is 4.65. The van der Waals surface area contributed by atoms with Gasteiger partial charge in [-0.05, 0) is 32.7 Å². The van der Waals surface area contributed by atoms with Gasteiger partial charge in [-0.25, -0.2) is 0 Å². The van der Waals surface area contributed by atoms with Gasteiger partial charge in [0.1, 0.15) is 12.2 Å². The lowest BCUT2D eigenvalue weighted by Crippen LogP contribution is -2.82. The van der Waals surface area contributed by atoms with Crippen molar-refractivity contribution in [2.75, 3.05) is 6.54 Å². The van der Waals surface area contributed by atoms with Gasteiger partial charge in [0.2, 0.25) is 17.0 Å². The summed E-state index contributed by atoms with van der Waals surface area (Å²) in [5, 5.41) is 56.5. The van der Waals surface area contributed by atoms with E-state index in [2.05, 4.69) is 10.0 Å². The molecular formula is C18H25N3O11. The number of azide groups is 1. The molecule has 0 spiro atoms. The Labute approximate surface area is 181 Å². The molecule has 5 atom stereocenters. The van der Waals surface area contributed by atoms with E-state index in [1.165, 1.54) is 0 Å². The molecule has 0 aliphatic carbocycles. The number of Topliss-reactive ketones (excluding diaryl/α,β-unsaturated/α-hetero) is 6. The van der Waals surface area contributed by atoms with E-state index >= 15 is 0 Å². The summed E-state index contributed by atoms with van der Waals surface area (Å²) in [7, 11) is 0. The van der Waals surface area contributed by atoms with Crippen molar-refractivity contribution in [1.29, 1.82) is 0 Å². The molecule has 0 aromatic heterocycles. The number of hydrogen-bond acceptors (Lipinski definition) is 12. The highest BCUT2D eigenvalue weighted by Crippen LogP contribution is 2.41. The first kappa shape index (κ1) is 29.1. The Hall–Kier alpha value is -2.87. The van der Waals surface area contributed by atoms with Crippen molar-refractivity contribution < 1.29 is 54.3 Å². The van der Waals surface area contributed by atoms with Crippen molar-refractivity contribution >= 4 is 34.7 Å². The largest absolute Gasteiger partial charge is 0.386 e. The smallest absolute Gasteiger partial charge is 0.240 e. The fourth-order valence-corrected chi connectivity index (χ4v) is 3.21. The molecular weight excluding hydrogens is 434 g/mol. The van der Waals surface area contributed by atoms with Crippen molar-refractivity contribution in [3.8, 4) is 0 Å². The van der Waals surface area contributed by atoms with Crippen molar-refractivity contribution in [2.45, 2.75) is 69.5 Å². The van der Waals surface area contributed by atoms with Crippen LogP contribution in [0.5, 0.6) is 0 Å². The molecule has 178 valence electrons. The van der Waals surface area contributed by atoms with Gasteiger partial charge < -0.3 is 25.5 Å². The van der Waals surface area contributed by atoms with Gasteiger partial charge >= 0.3 is 0 Å². The molecule has 0 aromatic carbocycles. The number of rotatable bonds is 14. The number of aliphatic hydroxyl groups excluding tert-OH is 2. The molecule has 0 saturated carbocycles. The third-order valence-corrected chi connectivity index (χ3v) is 5.04. The fourth-order valence-electron chi connectivity index (χ4n) is 3.21. The van der Waals surface area contributed by atoms with E-state index in [1.807, 2.05) is 0 Å². The Morgan fingerprint density at radius 2 is 1.44 bits per heavy atom. The second-order valence-electron chi connectivity index (χ2n) is 7.17. The van der Waals surface area contributed by atoms with Gasteiger partial charge in [0.25, 0.3) is 0 Å². The summed E-state index contributed by atoms with van der Waals surface area (Å²) in [6.45, 7) is 1.79. The number of ketones is 6. The van der Waals surface area contributed by atoms with Crippen LogP contribution in [0.25, 0.3) is 10.4 Å². The first-order valence-corrected chi connectivity index (χ1v) is 9.14. The van der Waals surface area contributed by atoms with E-state index in [9.17, 15) is 54.3 Å². The average molecular weight is 459 g/mol. The van der Waals surface area contributed by atoms with Gasteiger partial charge in [0.05, 0.1) is 0 Å². The van der Waals surface area contributed by atoms with Gasteiger partial charge in [-0.15, -0.1) is 0 Å². The van der Waals surface area contributed by atoms with Gasteiger partial charge in [-0.1, -0.05) is 5.11 Å². The molecule has 14 heteroatoms. The molecule has 0 fully saturated rings. The van der Waals surface area contributed by atoms with E-state index in [1.54, 1.807) is 0 Å². The second-order valence-corrected chi connectivity index (χ2v) is 7.17. The Balaban J connectivity index is 7.22. The maximum atomic E-state index is 12.8. The van der Waals surface area contributed by atoms with Crippen molar-refractivity contribution in [3.63, 3.8) is 0 Å². The third-order valence-electron chi connectivity index (χ3n) is 5.04. The number of hydrogen-bond donors (Lipinski definition) is 5. The van der Waals surface area contributed by atoms with E-state index < -0.39 is 70.1 Å². The van der Waals surface area contributed by atoms with E-state index in [0.29, 0.717) is 27.7 Å². The molecule has 0 aliphatic heterocycles. The average Bonchev–Trinajstić information content (AvgIpc) is 2.72. The summed E-state index contributed by atoms with van der Waals surface area (Å²) in [5.74, 6) is -10.3. The zero-order chi connectivity index (χ0) is 25.7. The van der Waals surface area contributed by atoms with Crippen LogP contribution in [0.2, 0.25) is 0 Å². The first-order valence-electron chi connectivity index (χ1n) is 9.14. The second kappa shape index (κ2) is 10.6. The van der Waals surface area contributed by atoms with Crippen LogP contribution in [0, 0.1) is 0 Å². The lowest BCUT2D eigenvalue weighted by atomic mass is 9.60. The van der Waals surface area contributed by atoms with Crippen LogP contribution in [0.15, 0.2) is 5.11 Å². The standard InChI is InChI=1S/C18H25N3O11/c1-8(22)13(27)15(29)16(30,10(3)24)18(32,11(4)25)17(31,14(28)9(2)23)12(26)6-5-7-20-21-19/h13,15,27,29-32H,5-7H2,1-4H3/t13?,15-,16-,17+,18+/m1/s1. The molecule has 32 heavy (non-hydrogen) atoms. The maximum absolute atomic E-state index is 12.8. The summed E-state index contributed by atoms with van der Waals surface area (Å²) < 4.78 is 0. The van der Waals surface area contributed by atoms with Crippen LogP contribution in [-0.4, -0.2) is 95.8 Å². The van der Waals surface area contributed by atoms with Crippen molar-refractivity contribution in [2.24, 2.45) is 5.11 Å². The first-order chi connectivity index (χ1) is 14.5. The quantitative estimate of drug-likeness (QED) is 0.0452. The van der Waals surface area contributed by atoms with Gasteiger partial charge in [0, 0.05) is 24.8 Å². The molecule has 0 amide bonds. The number of carbonyl (C=O) groups excluding carboxylic acids is 6. The summed E-state index contributed by atoms with van der Waals surface area (Å²) in [6, 6.07) is 0. The summed E-state index contributed by atoms with van der Waals surface area (Å²) in [4.78, 5) is 75.9. The SMILES string of the molecule is CC(=O)C(=O)[C@@](O)(C(=O)CCCN=[N+]=[N-])[C@](O)(C(C)=O)[C@@](O)(C(C)=O)[C@H](O)C(O)C(C)=O. The summed E-state index contributed by atoms with van der Waals surface area (Å²) in [5.41, 5.74) is -4.09. The van der Waals surface area contributed by atoms with E-state index in [0.717, 1.165) is 0 Å². The highest BCUT2D eigenvalue weighted by molar-refractivity contribution is 6.45. The minimum atomic E-state index is -4.22. The zero-order valence-corrected chi connectivity index (χ0v) is 17.8. The van der Waals surface area contributed by atoms with Crippen LogP contribution in [0.1, 0.15) is 40.5 Å². The van der Waals surface area contributed by atoms with Crippen molar-refractivity contribution in [1.82, 2.24) is 0 Å². The molecule has 1 unspecified atom stereocenters. The highest BCUT2D eigenvalue weighted by Gasteiger charge is 2.76. The molecule has 5 N–H and O–H groups in total. The Morgan fingerprint density at radius 3 is 1.78 bits per heavy atom. The number of aliphatic hydroxyl groups is 5. The summed E-state index contributed by atoms with van der Waals surface area (Å²) >= 11 is 0. The number of carbonyl (C=O) groups is 6. The molecule has 0 saturated heterocycles. The minimum absolute atomic E-state index is 0.353. The summed E-state index contributed by atoms with van der Waals surface area (Å²) in [6.07, 6.45) is -6.90. The fraction of sp³-hybridized carbons (Fsp3) is 0.667. The van der Waals surface area contributed by atoms with Crippen LogP contribution in [0.4, 0.5) is 0 Å². The lowest BCUT2D eigenvalue weighted by molar-refractivity contribution is -0.251. The van der Waals surface area contributed by atoms with Crippen LogP contribution in [0.3, 0.4) is 0 Å². The zero-order valence-electron chi connectivity index (χ0n) is 17.8. The van der Waals surface area contributed by atoms with Crippen molar-refractivity contribution in [3.05, 3.63) is 10.4 Å². The Bertz CT molecular complexity index is 881. The lowest BCUT2D eigenvalue weighted by Gasteiger charge is -2.49. The molecule has 0 radical (unpaired) electrons. The molecule has 0 heterocycles. The Morgan fingerprint density at radius 1 is 0.938 bits per heavy atom. The normalized spacial score (nSPS) is 18.5. The molecule has 0 aromatic rings. The van der Waals surface area contributed by atoms with Gasteiger partial charge in [-0.3, -0.25) is 28.8 Å². The molecule has 0 aliphatic rings. The van der Waals surface area contributed by atoms with E-state index in [-0.39, 0.29) is 13.0 Å². The van der Waals surface area contributed by atoms with Crippen LogP contribution in [-0.2, 0) is 28.8 Å². The number of nitrogens with zero attached hydrogens (tertiary/aromatic N) is 3. The maximum Gasteiger partial charge on any atom is 0.240 e. The monoisotopic (exact) mass is 459 g/mol. The molecule has 14 nitrogen and oxygen atoms in total.